The topological polar surface area (TPSA) is 91.4 Å². The Morgan fingerprint density at radius 2 is 2.13 bits per heavy atom. The van der Waals surface area contributed by atoms with Crippen molar-refractivity contribution in [3.8, 4) is 0 Å². The minimum absolute atomic E-state index is 0.0217. The third kappa shape index (κ3) is 2.15. The Kier molecular flexibility index (Phi) is 3.19. The van der Waals surface area contributed by atoms with E-state index in [9.17, 15) is 9.50 Å². The number of fused-ring (bicyclic) bond motifs is 3. The number of imidazole rings is 1. The normalized spacial score (nSPS) is 19.5. The third-order valence-corrected chi connectivity index (χ3v) is 5.01. The predicted molar refractivity (Wildman–Crippen MR) is 85.6 cm³/mol. The van der Waals surface area contributed by atoms with E-state index < -0.39 is 12.0 Å². The van der Waals surface area contributed by atoms with E-state index in [2.05, 4.69) is 22.3 Å². The summed E-state index contributed by atoms with van der Waals surface area (Å²) in [7, 11) is 0. The Balaban J connectivity index is 1.98. The Labute approximate surface area is 132 Å². The molecule has 1 fully saturated rings. The second kappa shape index (κ2) is 5.02. The zero-order valence-corrected chi connectivity index (χ0v) is 12.9. The lowest BCUT2D eigenvalue weighted by molar-refractivity contribution is 0.187. The molecule has 1 saturated heterocycles. The first kappa shape index (κ1) is 14.6. The number of nitrogens with one attached hydrogen (secondary N) is 2. The smallest absolute Gasteiger partial charge is 0.138 e. The van der Waals surface area contributed by atoms with Crippen molar-refractivity contribution >= 4 is 16.7 Å². The van der Waals surface area contributed by atoms with Gasteiger partial charge in [0.15, 0.2) is 0 Å². The SMILES string of the molecule is CC1(c2cnn3c2[nH]c2cc(F)cc(C(N)O)c23)CCNCC1. The molecule has 0 amide bonds. The quantitative estimate of drug-likeness (QED) is 0.540. The molecule has 2 aromatic heterocycles. The molecular weight excluding hydrogens is 297 g/mol. The summed E-state index contributed by atoms with van der Waals surface area (Å²) in [5, 5.41) is 17.6. The number of hydrogen-bond acceptors (Lipinski definition) is 4. The molecule has 7 heteroatoms. The lowest BCUT2D eigenvalue weighted by Gasteiger charge is -2.33. The van der Waals surface area contributed by atoms with Crippen molar-refractivity contribution in [1.29, 1.82) is 0 Å². The minimum Gasteiger partial charge on any atom is -0.374 e. The van der Waals surface area contributed by atoms with Gasteiger partial charge in [0.2, 0.25) is 0 Å². The van der Waals surface area contributed by atoms with Gasteiger partial charge in [0.1, 0.15) is 17.7 Å². The molecule has 0 spiro atoms. The van der Waals surface area contributed by atoms with E-state index in [1.54, 1.807) is 4.52 Å². The lowest BCUT2D eigenvalue weighted by Crippen LogP contribution is -2.37. The van der Waals surface area contributed by atoms with Gasteiger partial charge in [-0.05, 0) is 38.1 Å². The predicted octanol–water partition coefficient (Wildman–Crippen LogP) is 1.55. The number of nitrogens with zero attached hydrogens (tertiary/aromatic N) is 2. The molecule has 0 radical (unpaired) electrons. The standard InChI is InChI=1S/C16H20FN5O/c1-16(2-4-19-5-3-16)11-8-20-22-13-10(14(18)23)6-9(17)7-12(13)21-15(11)22/h6-8,14,19,21,23H,2-5,18H2,1H3. The number of nitrogens with two attached hydrogens (primary N) is 1. The maximum atomic E-state index is 13.8. The van der Waals surface area contributed by atoms with Crippen LogP contribution in [0.25, 0.3) is 16.7 Å². The third-order valence-electron chi connectivity index (χ3n) is 5.01. The van der Waals surface area contributed by atoms with E-state index in [0.29, 0.717) is 16.6 Å². The lowest BCUT2D eigenvalue weighted by atomic mass is 9.76. The highest BCUT2D eigenvalue weighted by Gasteiger charge is 2.32. The fourth-order valence-electron chi connectivity index (χ4n) is 3.63. The molecule has 5 N–H and O–H groups in total. The molecule has 3 heterocycles. The van der Waals surface area contributed by atoms with Crippen LogP contribution in [0, 0.1) is 5.82 Å². The largest absolute Gasteiger partial charge is 0.374 e. The Morgan fingerprint density at radius 3 is 2.83 bits per heavy atom. The zero-order chi connectivity index (χ0) is 16.2. The zero-order valence-electron chi connectivity index (χ0n) is 12.9. The van der Waals surface area contributed by atoms with Gasteiger partial charge in [-0.3, -0.25) is 0 Å². The van der Waals surface area contributed by atoms with Crippen LogP contribution >= 0.6 is 0 Å². The Morgan fingerprint density at radius 1 is 1.39 bits per heavy atom. The van der Waals surface area contributed by atoms with Crippen molar-refractivity contribution in [2.45, 2.75) is 31.4 Å². The average molecular weight is 317 g/mol. The van der Waals surface area contributed by atoms with Crippen LogP contribution < -0.4 is 11.1 Å². The maximum absolute atomic E-state index is 13.8. The van der Waals surface area contributed by atoms with E-state index in [4.69, 9.17) is 5.73 Å². The first-order valence-corrected chi connectivity index (χ1v) is 7.83. The molecule has 4 rings (SSSR count). The van der Waals surface area contributed by atoms with Crippen LogP contribution in [0.5, 0.6) is 0 Å². The highest BCUT2D eigenvalue weighted by molar-refractivity contribution is 5.84. The summed E-state index contributed by atoms with van der Waals surface area (Å²) in [6.45, 7) is 4.17. The Bertz CT molecular complexity index is 875. The fraction of sp³-hybridized carbons (Fsp3) is 0.438. The van der Waals surface area contributed by atoms with Gasteiger partial charge in [0, 0.05) is 16.5 Å². The molecule has 3 aromatic rings. The van der Waals surface area contributed by atoms with Crippen molar-refractivity contribution in [2.24, 2.45) is 5.73 Å². The van der Waals surface area contributed by atoms with Crippen molar-refractivity contribution in [1.82, 2.24) is 19.9 Å². The number of hydrogen-bond donors (Lipinski definition) is 4. The molecule has 1 atom stereocenters. The van der Waals surface area contributed by atoms with Crippen LogP contribution in [0.15, 0.2) is 18.3 Å². The second-order valence-electron chi connectivity index (χ2n) is 6.59. The molecule has 0 saturated carbocycles. The summed E-state index contributed by atoms with van der Waals surface area (Å²) in [4.78, 5) is 3.26. The summed E-state index contributed by atoms with van der Waals surface area (Å²) in [6.07, 6.45) is 2.65. The number of piperidine rings is 1. The number of aliphatic hydroxyl groups is 1. The average Bonchev–Trinajstić information content (AvgIpc) is 3.05. The first-order chi connectivity index (χ1) is 11.0. The number of halogens is 1. The molecule has 6 nitrogen and oxygen atoms in total. The maximum Gasteiger partial charge on any atom is 0.138 e. The van der Waals surface area contributed by atoms with E-state index in [0.717, 1.165) is 37.1 Å². The molecule has 1 aromatic carbocycles. The summed E-state index contributed by atoms with van der Waals surface area (Å²) in [5.74, 6) is -0.434. The number of aromatic nitrogens is 3. The highest BCUT2D eigenvalue weighted by Crippen LogP contribution is 2.37. The van der Waals surface area contributed by atoms with Crippen molar-refractivity contribution in [3.63, 3.8) is 0 Å². The summed E-state index contributed by atoms with van der Waals surface area (Å²) < 4.78 is 15.5. The molecular formula is C16H20FN5O. The second-order valence-corrected chi connectivity index (χ2v) is 6.59. The van der Waals surface area contributed by atoms with Gasteiger partial charge in [-0.25, -0.2) is 8.91 Å². The van der Waals surface area contributed by atoms with Gasteiger partial charge in [-0.1, -0.05) is 6.92 Å². The Hall–Kier alpha value is -1.96. The van der Waals surface area contributed by atoms with Crippen LogP contribution in [0.1, 0.15) is 37.1 Å². The van der Waals surface area contributed by atoms with Crippen molar-refractivity contribution in [3.05, 3.63) is 35.3 Å². The van der Waals surface area contributed by atoms with E-state index in [1.165, 1.54) is 12.1 Å². The van der Waals surface area contributed by atoms with Crippen LogP contribution in [0.2, 0.25) is 0 Å². The molecule has 122 valence electrons. The first-order valence-electron chi connectivity index (χ1n) is 7.83. The van der Waals surface area contributed by atoms with Gasteiger partial charge in [0.05, 0.1) is 17.2 Å². The fourth-order valence-corrected chi connectivity index (χ4v) is 3.63. The number of H-pyrrole nitrogens is 1. The number of benzene rings is 1. The van der Waals surface area contributed by atoms with Crippen molar-refractivity contribution in [2.75, 3.05) is 13.1 Å². The monoisotopic (exact) mass is 317 g/mol. The summed E-state index contributed by atoms with van der Waals surface area (Å²) in [5.41, 5.74) is 9.13. The molecule has 1 aliphatic rings. The van der Waals surface area contributed by atoms with Crippen molar-refractivity contribution < 1.29 is 9.50 Å². The number of aliphatic hydroxyl groups excluding tert-OH is 1. The van der Waals surface area contributed by atoms with Gasteiger partial charge in [0.25, 0.3) is 0 Å². The molecule has 1 aliphatic heterocycles. The van der Waals surface area contributed by atoms with Gasteiger partial charge in [-0.15, -0.1) is 0 Å². The van der Waals surface area contributed by atoms with Crippen LogP contribution in [-0.4, -0.2) is 32.8 Å². The van der Waals surface area contributed by atoms with E-state index in [1.807, 2.05) is 6.20 Å². The van der Waals surface area contributed by atoms with E-state index >= 15 is 0 Å². The minimum atomic E-state index is -1.26. The molecule has 0 bridgehead atoms. The van der Waals surface area contributed by atoms with Gasteiger partial charge < -0.3 is 21.1 Å². The molecule has 0 aliphatic carbocycles. The van der Waals surface area contributed by atoms with Gasteiger partial charge in [-0.2, -0.15) is 5.10 Å². The van der Waals surface area contributed by atoms with Crippen LogP contribution in [-0.2, 0) is 5.41 Å². The highest BCUT2D eigenvalue weighted by atomic mass is 19.1. The van der Waals surface area contributed by atoms with Gasteiger partial charge >= 0.3 is 0 Å². The molecule has 1 unspecified atom stereocenters. The van der Waals surface area contributed by atoms with Crippen LogP contribution in [0.4, 0.5) is 4.39 Å². The van der Waals surface area contributed by atoms with Crippen LogP contribution in [0.3, 0.4) is 0 Å². The number of rotatable bonds is 2. The molecule has 23 heavy (non-hydrogen) atoms. The summed E-state index contributed by atoms with van der Waals surface area (Å²) >= 11 is 0. The summed E-state index contributed by atoms with van der Waals surface area (Å²) in [6, 6.07) is 2.66. The van der Waals surface area contributed by atoms with E-state index in [-0.39, 0.29) is 5.41 Å². The number of aromatic amines is 1.